The second-order valence-corrected chi connectivity index (χ2v) is 40.7. The SMILES string of the molecule is CC(=O)O.CC(C)(C)OC(=O)c1ccc(NC(=O)Cc2ccc(-c3cccc(OCc4ccc(C#N)cc4F)n3)cc2F)c(NC[C@H]2CCN2C(=O)OC(C)(C)C)c1.CC(C)(C)OC(=O)c1ccc2nc(Cc3ccc(-c4cccc(OCc5ccc(C#N)cc5F)n4)cc3F)n(C[C@H]3CCN3)c2c1.CS(=O)(=O)N1CC[C@@H]1Cn1c(Cc2ccc(-c3cccc(OCc4ccc(C#N)cc4F)n3)cc2F)nc2ccc(C(=O)O)cc21. The van der Waals surface area contributed by atoms with E-state index in [0.717, 1.165) is 61.8 Å². The van der Waals surface area contributed by atoms with E-state index in [2.05, 4.69) is 40.5 Å². The van der Waals surface area contributed by atoms with Crippen molar-refractivity contribution in [2.45, 2.75) is 176 Å². The van der Waals surface area contributed by atoms with Gasteiger partial charge in [-0.2, -0.15) is 20.1 Å². The van der Waals surface area contributed by atoms with Crippen molar-refractivity contribution in [1.82, 2.24) is 48.6 Å². The molecule has 31 nitrogen and oxygen atoms in total. The Morgan fingerprint density at radius 1 is 0.453 bits per heavy atom. The number of rotatable bonds is 30. The zero-order chi connectivity index (χ0) is 108. The number of nitrogens with one attached hydrogen (secondary N) is 3. The molecule has 0 radical (unpaired) electrons. The number of sulfonamides is 1. The number of carbonyl (C=O) groups excluding carboxylic acids is 4. The fraction of sp³-hybridized carbons (Fsp3) is 0.286. The van der Waals surface area contributed by atoms with Crippen molar-refractivity contribution >= 4 is 79.3 Å². The molecule has 3 aliphatic heterocycles. The lowest BCUT2D eigenvalue weighted by Crippen LogP contribution is -2.55. The van der Waals surface area contributed by atoms with Crippen molar-refractivity contribution < 1.29 is 102 Å². The number of aliphatic carboxylic acids is 1. The normalized spacial score (nSPS) is 14.2. The largest absolute Gasteiger partial charge is 0.481 e. The van der Waals surface area contributed by atoms with E-state index < -0.39 is 97.6 Å². The van der Waals surface area contributed by atoms with Gasteiger partial charge in [0.2, 0.25) is 33.6 Å². The number of halogens is 6. The van der Waals surface area contributed by atoms with Crippen molar-refractivity contribution in [2.75, 3.05) is 43.1 Å². The van der Waals surface area contributed by atoms with E-state index in [4.69, 9.17) is 59.1 Å². The number of nitriles is 3. The Labute approximate surface area is 861 Å². The molecular weight excluding hydrogens is 1960 g/mol. The second-order valence-electron chi connectivity index (χ2n) is 38.7. The lowest BCUT2D eigenvalue weighted by atomic mass is 10.0. The fourth-order valence-electron chi connectivity index (χ4n) is 16.2. The topological polar surface area (TPSA) is 421 Å². The number of likely N-dealkylation sites (tertiary alicyclic amines) is 1. The van der Waals surface area contributed by atoms with Crippen molar-refractivity contribution in [1.29, 1.82) is 15.8 Å². The molecule has 8 heterocycles. The summed E-state index contributed by atoms with van der Waals surface area (Å²) in [4.78, 5) is 96.8. The maximum Gasteiger partial charge on any atom is 0.410 e. The number of carbonyl (C=O) groups is 6. The number of pyridine rings is 3. The molecule has 0 saturated carbocycles. The molecule has 3 saturated heterocycles. The predicted molar refractivity (Wildman–Crippen MR) is 546 cm³/mol. The predicted octanol–water partition coefficient (Wildman–Crippen LogP) is 20.0. The number of fused-ring (bicyclic) bond motifs is 2. The van der Waals surface area contributed by atoms with Gasteiger partial charge in [-0.3, -0.25) is 9.59 Å². The van der Waals surface area contributed by atoms with E-state index in [0.29, 0.717) is 123 Å². The van der Waals surface area contributed by atoms with Gasteiger partial charge in [0.05, 0.1) is 121 Å². The average molecular weight is 2070 g/mol. The molecule has 0 bridgehead atoms. The molecule has 5 aromatic heterocycles. The maximum absolute atomic E-state index is 15.6. The first-order valence-corrected chi connectivity index (χ1v) is 49.6. The van der Waals surface area contributed by atoms with Crippen molar-refractivity contribution in [3.63, 3.8) is 0 Å². The van der Waals surface area contributed by atoms with Gasteiger partial charge in [-0.25, -0.2) is 78.9 Å². The first-order valence-electron chi connectivity index (χ1n) is 47.7. The number of aromatic carboxylic acids is 1. The van der Waals surface area contributed by atoms with Crippen LogP contribution in [0.25, 0.3) is 55.8 Å². The van der Waals surface area contributed by atoms with Gasteiger partial charge in [-0.1, -0.05) is 72.8 Å². The summed E-state index contributed by atoms with van der Waals surface area (Å²) in [6, 6.07) is 61.4. The van der Waals surface area contributed by atoms with Gasteiger partial charge in [-0.05, 0) is 232 Å². The molecule has 3 aliphatic rings. The molecule has 774 valence electrons. The van der Waals surface area contributed by atoms with Crippen LogP contribution in [0.4, 0.5) is 42.5 Å². The summed E-state index contributed by atoms with van der Waals surface area (Å²) in [5.74, 6) is -4.79. The minimum Gasteiger partial charge on any atom is -0.481 e. The summed E-state index contributed by atoms with van der Waals surface area (Å²) in [5, 5.41) is 53.3. The molecule has 38 heteroatoms. The Morgan fingerprint density at radius 2 is 0.847 bits per heavy atom. The summed E-state index contributed by atoms with van der Waals surface area (Å²) in [6.45, 7) is 20.0. The third kappa shape index (κ3) is 28.9. The number of ether oxygens (including phenoxy) is 6. The van der Waals surface area contributed by atoms with Crippen molar-refractivity contribution in [2.24, 2.45) is 0 Å². The summed E-state index contributed by atoms with van der Waals surface area (Å²) in [5.41, 5.74) is 7.30. The monoisotopic (exact) mass is 2060 g/mol. The van der Waals surface area contributed by atoms with Crippen LogP contribution in [0.3, 0.4) is 0 Å². The van der Waals surface area contributed by atoms with Gasteiger partial charge < -0.3 is 68.6 Å². The number of hydrogen-bond acceptors (Lipinski definition) is 24. The highest BCUT2D eigenvalue weighted by atomic mass is 32.2. The number of nitrogens with zero attached hydrogens (tertiary/aromatic N) is 12. The van der Waals surface area contributed by atoms with E-state index in [1.165, 1.54) is 83.2 Å². The highest BCUT2D eigenvalue weighted by molar-refractivity contribution is 7.88. The van der Waals surface area contributed by atoms with Crippen LogP contribution in [-0.2, 0) is 86.0 Å². The molecule has 14 aromatic rings. The molecule has 0 unspecified atom stereocenters. The number of benzene rings is 9. The Hall–Kier alpha value is -16.9. The van der Waals surface area contributed by atoms with Crippen LogP contribution in [0.15, 0.2) is 218 Å². The molecule has 3 atom stereocenters. The smallest absolute Gasteiger partial charge is 0.410 e. The van der Waals surface area contributed by atoms with Crippen molar-refractivity contribution in [3.05, 3.63) is 332 Å². The second kappa shape index (κ2) is 47.3. The Kier molecular flexibility index (Phi) is 34.3. The van der Waals surface area contributed by atoms with Crippen LogP contribution in [0, 0.1) is 68.9 Å². The first kappa shape index (κ1) is 109. The summed E-state index contributed by atoms with van der Waals surface area (Å²) in [7, 11) is -3.43. The number of carboxylic acid groups (broad SMARTS) is 2. The Balaban J connectivity index is 0.000000174. The van der Waals surface area contributed by atoms with Gasteiger partial charge in [0.25, 0.3) is 5.97 Å². The minimum atomic E-state index is -3.43. The number of imidazole rings is 2. The molecule has 5 N–H and O–H groups in total. The zero-order valence-corrected chi connectivity index (χ0v) is 84.6. The number of esters is 2. The van der Waals surface area contributed by atoms with Crippen LogP contribution in [0.1, 0.15) is 181 Å². The highest BCUT2D eigenvalue weighted by Crippen LogP contribution is 2.36. The van der Waals surface area contributed by atoms with Crippen LogP contribution in [-0.4, -0.2) is 165 Å². The van der Waals surface area contributed by atoms with Gasteiger partial charge >= 0.3 is 24.0 Å². The zero-order valence-electron chi connectivity index (χ0n) is 83.8. The number of anilines is 2. The van der Waals surface area contributed by atoms with E-state index in [1.807, 2.05) is 39.0 Å². The van der Waals surface area contributed by atoms with Gasteiger partial charge in [-0.15, -0.1) is 0 Å². The summed E-state index contributed by atoms with van der Waals surface area (Å²) < 4.78 is 153. The Bertz CT molecular complexity index is 7730. The number of carboxylic acids is 2. The number of hydrogen-bond donors (Lipinski definition) is 5. The van der Waals surface area contributed by atoms with Crippen LogP contribution < -0.4 is 30.2 Å². The molecule has 2 amide bonds. The van der Waals surface area contributed by atoms with Crippen LogP contribution in [0.2, 0.25) is 0 Å². The molecule has 0 spiro atoms. The molecule has 150 heavy (non-hydrogen) atoms. The molecular formula is C112H107F6N15O16S. The summed E-state index contributed by atoms with van der Waals surface area (Å²) >= 11 is 0. The fourth-order valence-corrected chi connectivity index (χ4v) is 17.3. The number of aromatic nitrogens is 7. The molecule has 9 aromatic carbocycles. The molecule has 3 fully saturated rings. The van der Waals surface area contributed by atoms with Gasteiger partial charge in [0.15, 0.2) is 0 Å². The third-order valence-corrected chi connectivity index (χ3v) is 25.3. The molecule has 0 aliphatic carbocycles. The maximum atomic E-state index is 15.6. The third-order valence-electron chi connectivity index (χ3n) is 23.9. The van der Waals surface area contributed by atoms with E-state index in [1.54, 1.807) is 172 Å². The quantitative estimate of drug-likeness (QED) is 0.0159. The van der Waals surface area contributed by atoms with E-state index >= 15 is 13.2 Å². The standard InChI is InChI=1S/C41H43F2N5O6.C36H33F2N5O3.C33H27F2N5O5S.C2H4O2/c1-40(2,3)53-38(50)28-14-15-34(35(20-28)45-23-30-16-17-48(30)39(51)54-41(4,5)6)46-36(49)21-26-12-13-27(19-32(26)43)33-8-7-9-37(47-33)52-24-29-11-10-25(22-44)18-31(29)42;1-36(2,3)46-35(44)25-11-12-31-32(17-25)43(20-27-13-14-40-27)33(41-31)18-23-9-10-24(16-29(23)38)30-5-4-6-34(42-30)45-21-26-8-7-22(19-39)15-28(26)37;1-46(43,44)40-12-11-25(40)18-39-30-15-23(33(41)42)9-10-29(30)37-31(39)16-21-7-8-22(14-27(21)35)28-3-2-4-32(38-28)45-19-24-6-5-20(17-36)13-26(24)34;1-2(3)4/h7-15,18-20,30,45H,16-17,21,23-24H2,1-6H3,(H,46,49);4-12,15-17,27,40H,13-14,18,20-21H2,1-3H3;2-10,13-15,25H,11-12,16,18-19H2,1H3,(H,41,42);1H3,(H,3,4)/t30-;27-;25-;/m111./s1. The average Bonchev–Trinajstić information content (AvgIpc) is 1.62. The van der Waals surface area contributed by atoms with Crippen molar-refractivity contribution in [3.8, 4) is 69.6 Å². The van der Waals surface area contributed by atoms with Crippen LogP contribution >= 0.6 is 0 Å². The summed E-state index contributed by atoms with van der Waals surface area (Å²) in [6.07, 6.45) is 3.15. The molecule has 17 rings (SSSR count). The van der Waals surface area contributed by atoms with Gasteiger partial charge in [0, 0.05) is 116 Å². The lowest BCUT2D eigenvalue weighted by Gasteiger charge is -2.41. The van der Waals surface area contributed by atoms with E-state index in [-0.39, 0.29) is 126 Å². The minimum absolute atomic E-state index is 0.0602. The van der Waals surface area contributed by atoms with E-state index in [9.17, 15) is 50.7 Å². The van der Waals surface area contributed by atoms with Crippen LogP contribution in [0.5, 0.6) is 17.6 Å². The Morgan fingerprint density at radius 3 is 1.22 bits per heavy atom. The number of amides is 2. The lowest BCUT2D eigenvalue weighted by molar-refractivity contribution is -0.134. The first-order chi connectivity index (χ1) is 71.3. The van der Waals surface area contributed by atoms with Gasteiger partial charge in [0.1, 0.15) is 83.2 Å². The highest BCUT2D eigenvalue weighted by Gasteiger charge is 2.38.